The minimum Gasteiger partial charge on any atom is -0.426 e. The van der Waals surface area contributed by atoms with Gasteiger partial charge in [-0.25, -0.2) is 5.48 Å². The number of carbonyl (C=O) groups excluding carboxylic acids is 1. The fourth-order valence-corrected chi connectivity index (χ4v) is 4.23. The molecule has 0 saturated heterocycles. The lowest BCUT2D eigenvalue weighted by Crippen LogP contribution is -2.33. The number of hydroxylamine groups is 1. The molecule has 5 nitrogen and oxygen atoms in total. The van der Waals surface area contributed by atoms with Crippen molar-refractivity contribution >= 4 is 5.91 Å². The molecule has 0 spiro atoms. The molecule has 168 valence electrons. The molecule has 4 rings (SSSR count). The first-order chi connectivity index (χ1) is 15.2. The van der Waals surface area contributed by atoms with Gasteiger partial charge in [0.05, 0.1) is 6.61 Å². The summed E-state index contributed by atoms with van der Waals surface area (Å²) in [5, 5.41) is 0. The molecule has 1 amide bonds. The van der Waals surface area contributed by atoms with Gasteiger partial charge in [0.15, 0.2) is 5.76 Å². The third-order valence-electron chi connectivity index (χ3n) is 6.41. The van der Waals surface area contributed by atoms with Gasteiger partial charge in [-0.3, -0.25) is 9.63 Å². The van der Waals surface area contributed by atoms with Crippen LogP contribution in [-0.2, 0) is 22.3 Å². The average Bonchev–Trinajstić information content (AvgIpc) is 3.22. The lowest BCUT2D eigenvalue weighted by atomic mass is 9.63. The van der Waals surface area contributed by atoms with Gasteiger partial charge >= 0.3 is 5.91 Å². The first kappa shape index (κ1) is 22.2. The molecule has 0 bridgehead atoms. The third kappa shape index (κ3) is 4.58. The standard InChI is InChI=1S/C27H31NO4/c1-18-15-20-21(27(4,5)14-13-26(20,2)3)16-23(18)32-24-12-11-22(31-24)25(29)28-30-17-19-9-7-6-8-10-19/h6-12,15-16H,13-14,17H2,1-5H3,(H,28,29). The number of furan rings is 1. The van der Waals surface area contributed by atoms with Crippen molar-refractivity contribution in [1.29, 1.82) is 0 Å². The molecule has 5 heteroatoms. The first-order valence-electron chi connectivity index (χ1n) is 11.1. The van der Waals surface area contributed by atoms with Crippen LogP contribution in [0, 0.1) is 6.92 Å². The van der Waals surface area contributed by atoms with Crippen molar-refractivity contribution < 1.29 is 18.8 Å². The maximum Gasteiger partial charge on any atom is 0.310 e. The summed E-state index contributed by atoms with van der Waals surface area (Å²) < 4.78 is 11.7. The van der Waals surface area contributed by atoms with E-state index >= 15 is 0 Å². The fourth-order valence-electron chi connectivity index (χ4n) is 4.23. The summed E-state index contributed by atoms with van der Waals surface area (Å²) in [6.07, 6.45) is 2.29. The number of aryl methyl sites for hydroxylation is 1. The Morgan fingerprint density at radius 2 is 1.62 bits per heavy atom. The highest BCUT2D eigenvalue weighted by Gasteiger charge is 2.37. The smallest absolute Gasteiger partial charge is 0.310 e. The van der Waals surface area contributed by atoms with Gasteiger partial charge in [0.2, 0.25) is 0 Å². The summed E-state index contributed by atoms with van der Waals surface area (Å²) in [4.78, 5) is 17.6. The van der Waals surface area contributed by atoms with Crippen LogP contribution >= 0.6 is 0 Å². The Morgan fingerprint density at radius 3 is 2.31 bits per heavy atom. The van der Waals surface area contributed by atoms with Gasteiger partial charge in [-0.1, -0.05) is 64.1 Å². The Kier molecular flexibility index (Phi) is 5.87. The molecule has 0 aliphatic heterocycles. The second-order valence-electron chi connectivity index (χ2n) is 9.86. The summed E-state index contributed by atoms with van der Waals surface area (Å²) in [5.74, 6) is 0.691. The number of carbonyl (C=O) groups is 1. The summed E-state index contributed by atoms with van der Waals surface area (Å²) in [6.45, 7) is 11.5. The van der Waals surface area contributed by atoms with E-state index < -0.39 is 5.91 Å². The topological polar surface area (TPSA) is 60.7 Å². The molecule has 0 atom stereocenters. The van der Waals surface area contributed by atoms with E-state index in [1.54, 1.807) is 12.1 Å². The Labute approximate surface area is 189 Å². The largest absolute Gasteiger partial charge is 0.426 e. The van der Waals surface area contributed by atoms with E-state index in [1.165, 1.54) is 11.1 Å². The van der Waals surface area contributed by atoms with Crippen molar-refractivity contribution in [2.24, 2.45) is 0 Å². The van der Waals surface area contributed by atoms with Crippen molar-refractivity contribution in [2.45, 2.75) is 64.9 Å². The van der Waals surface area contributed by atoms with Gasteiger partial charge in [-0.2, -0.15) is 0 Å². The first-order valence-corrected chi connectivity index (χ1v) is 11.1. The molecule has 1 heterocycles. The Hall–Kier alpha value is -3.05. The van der Waals surface area contributed by atoms with Crippen molar-refractivity contribution in [1.82, 2.24) is 5.48 Å². The molecule has 1 aliphatic rings. The second kappa shape index (κ2) is 8.47. The van der Waals surface area contributed by atoms with Crippen molar-refractivity contribution in [3.63, 3.8) is 0 Å². The Balaban J connectivity index is 1.46. The third-order valence-corrected chi connectivity index (χ3v) is 6.41. The molecule has 0 unspecified atom stereocenters. The molecule has 1 aliphatic carbocycles. The van der Waals surface area contributed by atoms with E-state index in [0.29, 0.717) is 0 Å². The molecular formula is C27H31NO4. The van der Waals surface area contributed by atoms with Crippen LogP contribution in [0.15, 0.2) is 59.0 Å². The van der Waals surface area contributed by atoms with E-state index in [9.17, 15) is 4.79 Å². The highest BCUT2D eigenvalue weighted by Crippen LogP contribution is 2.48. The van der Waals surface area contributed by atoms with Crippen molar-refractivity contribution in [2.75, 3.05) is 0 Å². The second-order valence-corrected chi connectivity index (χ2v) is 9.86. The SMILES string of the molecule is Cc1cc2c(cc1Oc1ccc(C(=O)NOCc3ccccc3)o1)C(C)(C)CCC2(C)C. The van der Waals surface area contributed by atoms with Crippen LogP contribution in [0.1, 0.15) is 73.3 Å². The lowest BCUT2D eigenvalue weighted by molar-refractivity contribution is 0.0210. The normalized spacial score (nSPS) is 16.3. The van der Waals surface area contributed by atoms with Gasteiger partial charge in [-0.05, 0) is 65.0 Å². The molecule has 1 aromatic heterocycles. The van der Waals surface area contributed by atoms with Crippen LogP contribution in [0.2, 0.25) is 0 Å². The number of amides is 1. The summed E-state index contributed by atoms with van der Waals surface area (Å²) in [7, 11) is 0. The molecule has 0 fully saturated rings. The van der Waals surface area contributed by atoms with Crippen LogP contribution in [0.3, 0.4) is 0 Å². The van der Waals surface area contributed by atoms with E-state index in [-0.39, 0.29) is 29.1 Å². The van der Waals surface area contributed by atoms with E-state index in [2.05, 4.69) is 45.3 Å². The minimum absolute atomic E-state index is 0.0843. The van der Waals surface area contributed by atoms with E-state index in [0.717, 1.165) is 29.7 Å². The fraction of sp³-hybridized carbons (Fsp3) is 0.370. The highest BCUT2D eigenvalue weighted by molar-refractivity contribution is 5.90. The number of rotatable bonds is 6. The molecule has 32 heavy (non-hydrogen) atoms. The van der Waals surface area contributed by atoms with Crippen molar-refractivity contribution in [3.05, 3.63) is 82.6 Å². The zero-order valence-electron chi connectivity index (χ0n) is 19.5. The van der Waals surface area contributed by atoms with Crippen LogP contribution in [0.4, 0.5) is 0 Å². The number of hydrogen-bond donors (Lipinski definition) is 1. The summed E-state index contributed by atoms with van der Waals surface area (Å²) in [5.41, 5.74) is 7.34. The molecule has 2 aromatic carbocycles. The Morgan fingerprint density at radius 1 is 0.969 bits per heavy atom. The number of hydrogen-bond acceptors (Lipinski definition) is 4. The molecule has 3 aromatic rings. The zero-order chi connectivity index (χ0) is 22.9. The Bertz CT molecular complexity index is 1110. The monoisotopic (exact) mass is 433 g/mol. The quantitative estimate of drug-likeness (QED) is 0.445. The molecular weight excluding hydrogens is 402 g/mol. The van der Waals surface area contributed by atoms with Gasteiger partial charge < -0.3 is 9.15 Å². The average molecular weight is 434 g/mol. The van der Waals surface area contributed by atoms with Crippen LogP contribution in [0.5, 0.6) is 11.7 Å². The highest BCUT2D eigenvalue weighted by atomic mass is 16.7. The molecule has 0 saturated carbocycles. The lowest BCUT2D eigenvalue weighted by Gasteiger charge is -2.42. The number of benzene rings is 2. The van der Waals surface area contributed by atoms with Gasteiger partial charge in [0, 0.05) is 6.07 Å². The zero-order valence-corrected chi connectivity index (χ0v) is 19.5. The number of fused-ring (bicyclic) bond motifs is 1. The van der Waals surface area contributed by atoms with E-state index in [1.807, 2.05) is 37.3 Å². The van der Waals surface area contributed by atoms with Crippen LogP contribution in [-0.4, -0.2) is 5.91 Å². The van der Waals surface area contributed by atoms with Gasteiger partial charge in [-0.15, -0.1) is 0 Å². The minimum atomic E-state index is -0.458. The van der Waals surface area contributed by atoms with Crippen LogP contribution < -0.4 is 10.2 Å². The molecule has 1 N–H and O–H groups in total. The maximum absolute atomic E-state index is 12.3. The predicted molar refractivity (Wildman–Crippen MR) is 124 cm³/mol. The van der Waals surface area contributed by atoms with Gasteiger partial charge in [0.1, 0.15) is 5.75 Å². The van der Waals surface area contributed by atoms with Crippen molar-refractivity contribution in [3.8, 4) is 11.7 Å². The predicted octanol–water partition coefficient (Wildman–Crippen LogP) is 6.59. The molecule has 0 radical (unpaired) electrons. The maximum atomic E-state index is 12.3. The van der Waals surface area contributed by atoms with E-state index in [4.69, 9.17) is 14.0 Å². The van der Waals surface area contributed by atoms with Crippen LogP contribution in [0.25, 0.3) is 0 Å². The summed E-state index contributed by atoms with van der Waals surface area (Å²) >= 11 is 0. The van der Waals surface area contributed by atoms with Gasteiger partial charge in [0.25, 0.3) is 5.95 Å². The number of ether oxygens (including phenoxy) is 1. The number of nitrogens with one attached hydrogen (secondary N) is 1. The summed E-state index contributed by atoms with van der Waals surface area (Å²) in [6, 6.07) is 17.2.